The Kier molecular flexibility index (Phi) is 3.18. The van der Waals surface area contributed by atoms with Crippen molar-refractivity contribution >= 4 is 28.8 Å². The van der Waals surface area contributed by atoms with Crippen LogP contribution in [0.1, 0.15) is 4.88 Å². The summed E-state index contributed by atoms with van der Waals surface area (Å²) in [5.41, 5.74) is 0. The highest BCUT2D eigenvalue weighted by Crippen LogP contribution is 2.17. The van der Waals surface area contributed by atoms with E-state index in [9.17, 15) is 4.39 Å². The molecule has 2 rings (SSSR count). The lowest BCUT2D eigenvalue weighted by atomic mass is 10.4. The summed E-state index contributed by atoms with van der Waals surface area (Å²) in [5, 5.41) is 5.18. The molecule has 2 heterocycles. The lowest BCUT2D eigenvalue weighted by molar-refractivity contribution is 0.624. The van der Waals surface area contributed by atoms with E-state index in [4.69, 9.17) is 11.6 Å². The second kappa shape index (κ2) is 4.59. The number of anilines is 1. The van der Waals surface area contributed by atoms with Gasteiger partial charge in [-0.2, -0.15) is 0 Å². The number of hydrogen-bond donors (Lipinski definition) is 1. The second-order valence-corrected chi connectivity index (χ2v) is 4.39. The van der Waals surface area contributed by atoms with Crippen LogP contribution >= 0.6 is 22.9 Å². The topological polar surface area (TPSA) is 24.9 Å². The predicted octanol–water partition coefficient (Wildman–Crippen LogP) is 3.55. The molecule has 2 nitrogen and oxygen atoms in total. The quantitative estimate of drug-likeness (QED) is 0.891. The molecule has 0 unspecified atom stereocenters. The maximum atomic E-state index is 13.3. The van der Waals surface area contributed by atoms with Gasteiger partial charge < -0.3 is 5.32 Å². The number of nitrogens with zero attached hydrogens (tertiary/aromatic N) is 1. The van der Waals surface area contributed by atoms with Crippen molar-refractivity contribution in [3.8, 4) is 0 Å². The third-order valence-electron chi connectivity index (χ3n) is 1.82. The molecule has 0 saturated carbocycles. The Morgan fingerprint density at radius 1 is 1.53 bits per heavy atom. The molecule has 0 saturated heterocycles. The van der Waals surface area contributed by atoms with Gasteiger partial charge in [-0.15, -0.1) is 11.3 Å². The summed E-state index contributed by atoms with van der Waals surface area (Å²) in [6, 6.07) is 5.17. The van der Waals surface area contributed by atoms with Crippen LogP contribution in [0.25, 0.3) is 0 Å². The summed E-state index contributed by atoms with van der Waals surface area (Å²) in [6.07, 6.45) is 1.42. The van der Waals surface area contributed by atoms with Gasteiger partial charge in [-0.25, -0.2) is 9.37 Å². The minimum absolute atomic E-state index is 0.229. The first-order valence-electron chi connectivity index (χ1n) is 4.33. The Bertz CT molecular complexity index is 445. The summed E-state index contributed by atoms with van der Waals surface area (Å²) in [7, 11) is 0. The van der Waals surface area contributed by atoms with Crippen LogP contribution in [0, 0.1) is 5.82 Å². The molecule has 0 aliphatic rings. The minimum Gasteiger partial charge on any atom is -0.363 e. The van der Waals surface area contributed by atoms with Crippen LogP contribution in [0.2, 0.25) is 5.02 Å². The zero-order valence-electron chi connectivity index (χ0n) is 7.71. The van der Waals surface area contributed by atoms with Gasteiger partial charge in [0.2, 0.25) is 0 Å². The fourth-order valence-corrected chi connectivity index (χ4v) is 1.92. The van der Waals surface area contributed by atoms with Crippen molar-refractivity contribution in [1.29, 1.82) is 0 Å². The molecule has 5 heteroatoms. The number of hydrogen-bond acceptors (Lipinski definition) is 3. The Hall–Kier alpha value is -1.13. The molecular weight excluding hydrogens is 235 g/mol. The molecule has 0 radical (unpaired) electrons. The van der Waals surface area contributed by atoms with Gasteiger partial charge in [-0.1, -0.05) is 17.7 Å². The van der Waals surface area contributed by atoms with Gasteiger partial charge in [0.1, 0.15) is 0 Å². The molecular formula is C10H8ClFN2S. The molecule has 0 aliphatic carbocycles. The van der Waals surface area contributed by atoms with Crippen molar-refractivity contribution in [2.75, 3.05) is 5.32 Å². The standard InChI is InChI=1S/C10H8ClFN2S/c11-7-4-9(12)10(13-5-7)14-6-8-2-1-3-15-8/h1-5H,6H2,(H,13,14). The molecule has 0 fully saturated rings. The van der Waals surface area contributed by atoms with Gasteiger partial charge in [0.25, 0.3) is 0 Å². The molecule has 0 aromatic carbocycles. The third-order valence-corrected chi connectivity index (χ3v) is 2.90. The van der Waals surface area contributed by atoms with Crippen LogP contribution < -0.4 is 5.32 Å². The number of aromatic nitrogens is 1. The number of rotatable bonds is 3. The lowest BCUT2D eigenvalue weighted by Gasteiger charge is -2.04. The summed E-state index contributed by atoms with van der Waals surface area (Å²) in [4.78, 5) is 4.99. The zero-order valence-corrected chi connectivity index (χ0v) is 9.28. The highest BCUT2D eigenvalue weighted by Gasteiger charge is 2.03. The Balaban J connectivity index is 2.05. The van der Waals surface area contributed by atoms with Crippen LogP contribution in [0.4, 0.5) is 10.2 Å². The van der Waals surface area contributed by atoms with E-state index >= 15 is 0 Å². The molecule has 2 aromatic heterocycles. The van der Waals surface area contributed by atoms with E-state index in [1.807, 2.05) is 17.5 Å². The molecule has 0 bridgehead atoms. The van der Waals surface area contributed by atoms with E-state index in [1.165, 1.54) is 12.3 Å². The van der Waals surface area contributed by atoms with E-state index < -0.39 is 5.82 Å². The minimum atomic E-state index is -0.431. The molecule has 78 valence electrons. The number of nitrogens with one attached hydrogen (secondary N) is 1. The van der Waals surface area contributed by atoms with Crippen molar-refractivity contribution < 1.29 is 4.39 Å². The molecule has 0 amide bonds. The van der Waals surface area contributed by atoms with Crippen LogP contribution in [-0.2, 0) is 6.54 Å². The van der Waals surface area contributed by atoms with Crippen molar-refractivity contribution in [2.24, 2.45) is 0 Å². The summed E-state index contributed by atoms with van der Waals surface area (Å²) in [5.74, 6) is -0.202. The fourth-order valence-electron chi connectivity index (χ4n) is 1.13. The Morgan fingerprint density at radius 2 is 2.40 bits per heavy atom. The van der Waals surface area contributed by atoms with E-state index in [1.54, 1.807) is 11.3 Å². The van der Waals surface area contributed by atoms with Crippen molar-refractivity contribution in [3.63, 3.8) is 0 Å². The zero-order chi connectivity index (χ0) is 10.7. The van der Waals surface area contributed by atoms with Gasteiger partial charge in [0, 0.05) is 11.1 Å². The first kappa shape index (κ1) is 10.4. The maximum absolute atomic E-state index is 13.3. The summed E-state index contributed by atoms with van der Waals surface area (Å²) in [6.45, 7) is 0.573. The average Bonchev–Trinajstić information content (AvgIpc) is 2.69. The van der Waals surface area contributed by atoms with Crippen molar-refractivity contribution in [1.82, 2.24) is 4.98 Å². The average molecular weight is 243 g/mol. The van der Waals surface area contributed by atoms with Crippen LogP contribution in [0.15, 0.2) is 29.8 Å². The van der Waals surface area contributed by atoms with E-state index in [-0.39, 0.29) is 5.82 Å². The molecule has 0 spiro atoms. The number of thiophene rings is 1. The lowest BCUT2D eigenvalue weighted by Crippen LogP contribution is -2.01. The van der Waals surface area contributed by atoms with Crippen molar-refractivity contribution in [3.05, 3.63) is 45.5 Å². The number of halogens is 2. The largest absolute Gasteiger partial charge is 0.363 e. The fraction of sp³-hybridized carbons (Fsp3) is 0.100. The van der Waals surface area contributed by atoms with E-state index in [2.05, 4.69) is 10.3 Å². The van der Waals surface area contributed by atoms with Gasteiger partial charge in [0.05, 0.1) is 11.6 Å². The van der Waals surface area contributed by atoms with Gasteiger partial charge in [-0.05, 0) is 17.5 Å². The highest BCUT2D eigenvalue weighted by molar-refractivity contribution is 7.09. The third kappa shape index (κ3) is 2.67. The smallest absolute Gasteiger partial charge is 0.166 e. The highest BCUT2D eigenvalue weighted by atomic mass is 35.5. The summed E-state index contributed by atoms with van der Waals surface area (Å²) < 4.78 is 13.3. The molecule has 0 atom stereocenters. The van der Waals surface area contributed by atoms with E-state index in [0.717, 1.165) is 4.88 Å². The normalized spacial score (nSPS) is 10.3. The first-order valence-corrected chi connectivity index (χ1v) is 5.59. The van der Waals surface area contributed by atoms with Gasteiger partial charge >= 0.3 is 0 Å². The van der Waals surface area contributed by atoms with Crippen LogP contribution in [0.3, 0.4) is 0 Å². The Morgan fingerprint density at radius 3 is 3.07 bits per heavy atom. The first-order chi connectivity index (χ1) is 7.25. The second-order valence-electron chi connectivity index (χ2n) is 2.92. The van der Waals surface area contributed by atoms with Gasteiger partial charge in [0.15, 0.2) is 11.6 Å². The SMILES string of the molecule is Fc1cc(Cl)cnc1NCc1cccs1. The van der Waals surface area contributed by atoms with Gasteiger partial charge in [-0.3, -0.25) is 0 Å². The molecule has 0 aliphatic heterocycles. The van der Waals surface area contributed by atoms with E-state index in [0.29, 0.717) is 11.6 Å². The van der Waals surface area contributed by atoms with Crippen LogP contribution in [0.5, 0.6) is 0 Å². The maximum Gasteiger partial charge on any atom is 0.166 e. The predicted molar refractivity (Wildman–Crippen MR) is 60.9 cm³/mol. The number of pyridine rings is 1. The molecule has 2 aromatic rings. The van der Waals surface area contributed by atoms with Crippen molar-refractivity contribution in [2.45, 2.75) is 6.54 Å². The Labute approximate surface area is 95.7 Å². The molecule has 1 N–H and O–H groups in total. The van der Waals surface area contributed by atoms with Crippen LogP contribution in [-0.4, -0.2) is 4.98 Å². The summed E-state index contributed by atoms with van der Waals surface area (Å²) >= 11 is 7.20. The monoisotopic (exact) mass is 242 g/mol. The molecule has 15 heavy (non-hydrogen) atoms.